The van der Waals surface area contributed by atoms with Crippen molar-refractivity contribution in [3.05, 3.63) is 83.4 Å². The van der Waals surface area contributed by atoms with Gasteiger partial charge in [0.2, 0.25) is 0 Å². The maximum atomic E-state index is 13.0. The lowest BCUT2D eigenvalue weighted by molar-refractivity contribution is -0.147. The summed E-state index contributed by atoms with van der Waals surface area (Å²) in [5.41, 5.74) is 5.38. The zero-order valence-electron chi connectivity index (χ0n) is 18.9. The van der Waals surface area contributed by atoms with Gasteiger partial charge in [-0.2, -0.15) is 0 Å². The Hall–Kier alpha value is -3.01. The Kier molecular flexibility index (Phi) is 5.65. The SMILES string of the molecule is Cc1c(COC(=O)[C@@H]2[C@@H](c3cnc(C(C)C)nc3)C2(C)C)cccc1-c1ccccc1. The molecule has 1 aliphatic carbocycles. The molecule has 31 heavy (non-hydrogen) atoms. The average Bonchev–Trinajstić information content (AvgIpc) is 3.35. The fourth-order valence-corrected chi connectivity index (χ4v) is 4.52. The maximum absolute atomic E-state index is 13.0. The Morgan fingerprint density at radius 1 is 1.03 bits per heavy atom. The van der Waals surface area contributed by atoms with E-state index in [1.807, 2.05) is 42.7 Å². The minimum absolute atomic E-state index is 0.0953. The lowest BCUT2D eigenvalue weighted by Crippen LogP contribution is -2.11. The summed E-state index contributed by atoms with van der Waals surface area (Å²) >= 11 is 0. The number of ether oxygens (including phenoxy) is 1. The monoisotopic (exact) mass is 414 g/mol. The molecule has 0 spiro atoms. The van der Waals surface area contributed by atoms with E-state index in [4.69, 9.17) is 4.74 Å². The van der Waals surface area contributed by atoms with Crippen molar-refractivity contribution in [1.82, 2.24) is 9.97 Å². The first-order valence-electron chi connectivity index (χ1n) is 10.9. The number of esters is 1. The van der Waals surface area contributed by atoms with E-state index >= 15 is 0 Å². The smallest absolute Gasteiger partial charge is 0.310 e. The maximum Gasteiger partial charge on any atom is 0.310 e. The number of carbonyl (C=O) groups excluding carboxylic acids is 1. The van der Waals surface area contributed by atoms with E-state index in [9.17, 15) is 4.79 Å². The Bertz CT molecular complexity index is 1070. The Morgan fingerprint density at radius 2 is 1.71 bits per heavy atom. The van der Waals surface area contributed by atoms with Gasteiger partial charge in [0.15, 0.2) is 0 Å². The van der Waals surface area contributed by atoms with Crippen molar-refractivity contribution < 1.29 is 9.53 Å². The second kappa shape index (κ2) is 8.26. The molecule has 0 aliphatic heterocycles. The van der Waals surface area contributed by atoms with Crippen LogP contribution in [0.2, 0.25) is 0 Å². The summed E-state index contributed by atoms with van der Waals surface area (Å²) < 4.78 is 5.79. The van der Waals surface area contributed by atoms with Crippen LogP contribution in [-0.2, 0) is 16.1 Å². The minimum atomic E-state index is -0.168. The third-order valence-electron chi connectivity index (χ3n) is 6.55. The van der Waals surface area contributed by atoms with E-state index in [0.29, 0.717) is 0 Å². The van der Waals surface area contributed by atoms with Crippen LogP contribution in [0.25, 0.3) is 11.1 Å². The number of hydrogen-bond acceptors (Lipinski definition) is 4. The average molecular weight is 415 g/mol. The number of benzene rings is 2. The van der Waals surface area contributed by atoms with Crippen molar-refractivity contribution in [2.24, 2.45) is 11.3 Å². The first-order valence-corrected chi connectivity index (χ1v) is 10.9. The third-order valence-corrected chi connectivity index (χ3v) is 6.55. The highest BCUT2D eigenvalue weighted by Crippen LogP contribution is 2.64. The highest BCUT2D eigenvalue weighted by Gasteiger charge is 2.63. The third kappa shape index (κ3) is 4.12. The Balaban J connectivity index is 1.46. The van der Waals surface area contributed by atoms with Gasteiger partial charge in [-0.3, -0.25) is 4.79 Å². The van der Waals surface area contributed by atoms with Crippen molar-refractivity contribution in [2.75, 3.05) is 0 Å². The lowest BCUT2D eigenvalue weighted by atomic mass is 9.97. The summed E-state index contributed by atoms with van der Waals surface area (Å²) in [7, 11) is 0. The molecule has 1 aromatic heterocycles. The standard InChI is InChI=1S/C27H30N2O2/c1-17(2)25-28-14-21(15-29-25)23-24(27(23,4)5)26(30)31-16-20-12-9-13-22(18(20)3)19-10-7-6-8-11-19/h6-15,17,23-24H,16H2,1-5H3/t23-,24+/m1/s1. The van der Waals surface area contributed by atoms with Gasteiger partial charge in [0.1, 0.15) is 12.4 Å². The number of hydrogen-bond donors (Lipinski definition) is 0. The van der Waals surface area contributed by atoms with Gasteiger partial charge in [-0.05, 0) is 40.2 Å². The number of aromatic nitrogens is 2. The first-order chi connectivity index (χ1) is 14.8. The van der Waals surface area contributed by atoms with E-state index in [0.717, 1.165) is 22.5 Å². The molecule has 0 saturated heterocycles. The fourth-order valence-electron chi connectivity index (χ4n) is 4.52. The van der Waals surface area contributed by atoms with E-state index in [2.05, 4.69) is 62.8 Å². The quantitative estimate of drug-likeness (QED) is 0.460. The normalized spacial score (nSPS) is 19.3. The van der Waals surface area contributed by atoms with Crippen LogP contribution in [0.5, 0.6) is 0 Å². The summed E-state index contributed by atoms with van der Waals surface area (Å²) in [6.07, 6.45) is 3.74. The van der Waals surface area contributed by atoms with Crippen LogP contribution in [0.15, 0.2) is 60.9 Å². The van der Waals surface area contributed by atoms with Gasteiger partial charge in [0.05, 0.1) is 5.92 Å². The zero-order valence-corrected chi connectivity index (χ0v) is 18.9. The summed E-state index contributed by atoms with van der Waals surface area (Å²) in [4.78, 5) is 21.9. The molecule has 2 aromatic carbocycles. The molecule has 0 unspecified atom stereocenters. The van der Waals surface area contributed by atoms with Crippen LogP contribution in [0, 0.1) is 18.3 Å². The second-order valence-electron chi connectivity index (χ2n) is 9.37. The Labute approximate surface area is 184 Å². The highest BCUT2D eigenvalue weighted by molar-refractivity contribution is 5.79. The molecule has 4 heteroatoms. The van der Waals surface area contributed by atoms with Crippen molar-refractivity contribution in [3.8, 4) is 11.1 Å². The molecular weight excluding hydrogens is 384 g/mol. The molecule has 3 aromatic rings. The molecule has 0 amide bonds. The largest absolute Gasteiger partial charge is 0.461 e. The number of rotatable bonds is 6. The highest BCUT2D eigenvalue weighted by atomic mass is 16.5. The van der Waals surface area contributed by atoms with Gasteiger partial charge in [-0.25, -0.2) is 9.97 Å². The molecule has 4 rings (SSSR count). The van der Waals surface area contributed by atoms with E-state index in [1.165, 1.54) is 11.1 Å². The van der Waals surface area contributed by atoms with Crippen LogP contribution in [0.3, 0.4) is 0 Å². The lowest BCUT2D eigenvalue weighted by Gasteiger charge is -2.12. The van der Waals surface area contributed by atoms with E-state index in [-0.39, 0.29) is 35.7 Å². The van der Waals surface area contributed by atoms with Gasteiger partial charge in [0, 0.05) is 24.2 Å². The van der Waals surface area contributed by atoms with E-state index < -0.39 is 0 Å². The summed E-state index contributed by atoms with van der Waals surface area (Å²) in [6, 6.07) is 16.4. The summed E-state index contributed by atoms with van der Waals surface area (Å²) in [5.74, 6) is 0.899. The molecule has 0 radical (unpaired) electrons. The van der Waals surface area contributed by atoms with Crippen LogP contribution in [-0.4, -0.2) is 15.9 Å². The van der Waals surface area contributed by atoms with E-state index in [1.54, 1.807) is 0 Å². The zero-order chi connectivity index (χ0) is 22.2. The molecule has 0 N–H and O–H groups in total. The van der Waals surface area contributed by atoms with Gasteiger partial charge in [-0.15, -0.1) is 0 Å². The van der Waals surface area contributed by atoms with Crippen LogP contribution < -0.4 is 0 Å². The van der Waals surface area contributed by atoms with Gasteiger partial charge in [0.25, 0.3) is 0 Å². The van der Waals surface area contributed by atoms with Crippen molar-refractivity contribution in [3.63, 3.8) is 0 Å². The van der Waals surface area contributed by atoms with Crippen LogP contribution in [0.1, 0.15) is 62.0 Å². The molecule has 1 aliphatic rings. The fraction of sp³-hybridized carbons (Fsp3) is 0.370. The minimum Gasteiger partial charge on any atom is -0.461 e. The van der Waals surface area contributed by atoms with Gasteiger partial charge >= 0.3 is 5.97 Å². The summed E-state index contributed by atoms with van der Waals surface area (Å²) in [5, 5.41) is 0. The molecule has 1 heterocycles. The molecule has 0 bridgehead atoms. The van der Waals surface area contributed by atoms with Gasteiger partial charge < -0.3 is 4.74 Å². The molecule has 2 atom stereocenters. The number of nitrogens with zero attached hydrogens (tertiary/aromatic N) is 2. The Morgan fingerprint density at radius 3 is 2.35 bits per heavy atom. The summed E-state index contributed by atoms with van der Waals surface area (Å²) in [6.45, 7) is 10.7. The molecule has 160 valence electrons. The predicted octanol–water partition coefficient (Wildman–Crippen LogP) is 6.06. The first kappa shape index (κ1) is 21.2. The van der Waals surface area contributed by atoms with Crippen molar-refractivity contribution in [1.29, 1.82) is 0 Å². The van der Waals surface area contributed by atoms with Crippen molar-refractivity contribution >= 4 is 5.97 Å². The topological polar surface area (TPSA) is 52.1 Å². The second-order valence-corrected chi connectivity index (χ2v) is 9.37. The molecule has 4 nitrogen and oxygen atoms in total. The number of carbonyl (C=O) groups is 1. The predicted molar refractivity (Wildman–Crippen MR) is 123 cm³/mol. The van der Waals surface area contributed by atoms with Gasteiger partial charge in [-0.1, -0.05) is 76.2 Å². The molecule has 1 fully saturated rings. The molecular formula is C27H30N2O2. The van der Waals surface area contributed by atoms with Crippen molar-refractivity contribution in [2.45, 2.75) is 53.1 Å². The molecule has 1 saturated carbocycles. The van der Waals surface area contributed by atoms with Crippen LogP contribution >= 0.6 is 0 Å². The van der Waals surface area contributed by atoms with Crippen LogP contribution in [0.4, 0.5) is 0 Å².